The Bertz CT molecular complexity index is 641. The lowest BCUT2D eigenvalue weighted by Gasteiger charge is -2.34. The van der Waals surface area contributed by atoms with Crippen molar-refractivity contribution >= 4 is 17.2 Å². The summed E-state index contributed by atoms with van der Waals surface area (Å²) in [6, 6.07) is 8.52. The van der Waals surface area contributed by atoms with Crippen LogP contribution in [0.25, 0.3) is 0 Å². The van der Waals surface area contributed by atoms with Gasteiger partial charge >= 0.3 is 0 Å². The van der Waals surface area contributed by atoms with Crippen molar-refractivity contribution in [3.63, 3.8) is 0 Å². The van der Waals surface area contributed by atoms with E-state index in [1.165, 1.54) is 17.5 Å². The lowest BCUT2D eigenvalue weighted by molar-refractivity contribution is -0.128. The zero-order valence-electron chi connectivity index (χ0n) is 13.5. The van der Waals surface area contributed by atoms with Crippen LogP contribution < -0.4 is 5.32 Å². The summed E-state index contributed by atoms with van der Waals surface area (Å²) in [6.45, 7) is 4.47. The van der Waals surface area contributed by atoms with E-state index in [2.05, 4.69) is 46.4 Å². The first kappa shape index (κ1) is 16.1. The zero-order valence-corrected chi connectivity index (χ0v) is 14.3. The summed E-state index contributed by atoms with van der Waals surface area (Å²) < 4.78 is 0. The SMILES string of the molecule is Cc1cccc(CN2CCCC[C@H]2C(=O)NCc2cscn2)c1. The molecule has 1 fully saturated rings. The van der Waals surface area contributed by atoms with E-state index in [1.807, 2.05) is 5.38 Å². The third kappa shape index (κ3) is 4.39. The highest BCUT2D eigenvalue weighted by Gasteiger charge is 2.28. The van der Waals surface area contributed by atoms with E-state index >= 15 is 0 Å². The Hall–Kier alpha value is -1.72. The van der Waals surface area contributed by atoms with Gasteiger partial charge in [-0.2, -0.15) is 0 Å². The van der Waals surface area contributed by atoms with Crippen LogP contribution >= 0.6 is 11.3 Å². The molecule has 0 radical (unpaired) electrons. The zero-order chi connectivity index (χ0) is 16.1. The second-order valence-corrected chi connectivity index (χ2v) is 6.89. The highest BCUT2D eigenvalue weighted by atomic mass is 32.1. The third-order valence-electron chi connectivity index (χ3n) is 4.31. The average Bonchev–Trinajstić information content (AvgIpc) is 3.07. The minimum absolute atomic E-state index is 0.0251. The topological polar surface area (TPSA) is 45.2 Å². The van der Waals surface area contributed by atoms with E-state index < -0.39 is 0 Å². The van der Waals surface area contributed by atoms with Crippen molar-refractivity contribution in [3.8, 4) is 0 Å². The first-order valence-corrected chi connectivity index (χ1v) is 9.11. The van der Waals surface area contributed by atoms with Crippen LogP contribution in [0, 0.1) is 6.92 Å². The number of benzene rings is 1. The number of thiazole rings is 1. The van der Waals surface area contributed by atoms with Gasteiger partial charge in [0.15, 0.2) is 0 Å². The fourth-order valence-corrected chi connectivity index (χ4v) is 3.70. The molecule has 23 heavy (non-hydrogen) atoms. The number of carbonyl (C=O) groups excluding carboxylic acids is 1. The molecule has 0 bridgehead atoms. The highest BCUT2D eigenvalue weighted by molar-refractivity contribution is 7.07. The number of hydrogen-bond donors (Lipinski definition) is 1. The normalized spacial score (nSPS) is 18.7. The summed E-state index contributed by atoms with van der Waals surface area (Å²) in [4.78, 5) is 19.1. The number of nitrogens with one attached hydrogen (secondary N) is 1. The number of likely N-dealkylation sites (tertiary alicyclic amines) is 1. The molecule has 1 N–H and O–H groups in total. The van der Waals surface area contributed by atoms with Crippen molar-refractivity contribution in [2.45, 2.75) is 45.3 Å². The molecular formula is C18H23N3OS. The molecule has 0 unspecified atom stereocenters. The number of rotatable bonds is 5. The predicted octanol–water partition coefficient (Wildman–Crippen LogP) is 3.12. The number of carbonyl (C=O) groups is 1. The number of amides is 1. The molecule has 5 heteroatoms. The Morgan fingerprint density at radius 1 is 1.43 bits per heavy atom. The molecule has 3 rings (SSSR count). The van der Waals surface area contributed by atoms with Crippen LogP contribution in [0.3, 0.4) is 0 Å². The summed E-state index contributed by atoms with van der Waals surface area (Å²) in [5.74, 6) is 0.130. The quantitative estimate of drug-likeness (QED) is 0.917. The molecule has 1 saturated heterocycles. The van der Waals surface area contributed by atoms with Crippen LogP contribution in [0.4, 0.5) is 0 Å². The molecular weight excluding hydrogens is 306 g/mol. The first-order valence-electron chi connectivity index (χ1n) is 8.17. The molecule has 1 aliphatic rings. The van der Waals surface area contributed by atoms with E-state index in [-0.39, 0.29) is 11.9 Å². The van der Waals surface area contributed by atoms with Crippen molar-refractivity contribution in [2.24, 2.45) is 0 Å². The van der Waals surface area contributed by atoms with Gasteiger partial charge in [-0.05, 0) is 31.9 Å². The molecule has 122 valence electrons. The van der Waals surface area contributed by atoms with Gasteiger partial charge in [0, 0.05) is 11.9 Å². The number of hydrogen-bond acceptors (Lipinski definition) is 4. The van der Waals surface area contributed by atoms with Crippen molar-refractivity contribution in [1.82, 2.24) is 15.2 Å². The van der Waals surface area contributed by atoms with Crippen LogP contribution in [0.5, 0.6) is 0 Å². The molecule has 1 aromatic carbocycles. The third-order valence-corrected chi connectivity index (χ3v) is 4.95. The maximum atomic E-state index is 12.6. The van der Waals surface area contributed by atoms with Gasteiger partial charge in [-0.15, -0.1) is 11.3 Å². The van der Waals surface area contributed by atoms with Crippen molar-refractivity contribution < 1.29 is 4.79 Å². The largest absolute Gasteiger partial charge is 0.349 e. The van der Waals surface area contributed by atoms with Crippen molar-refractivity contribution in [3.05, 3.63) is 52.0 Å². The summed E-state index contributed by atoms with van der Waals surface area (Å²) in [5.41, 5.74) is 5.28. The van der Waals surface area contributed by atoms with E-state index in [0.29, 0.717) is 6.54 Å². The molecule has 0 spiro atoms. The van der Waals surface area contributed by atoms with Crippen molar-refractivity contribution in [1.29, 1.82) is 0 Å². The van der Waals surface area contributed by atoms with Crippen LogP contribution in [0.1, 0.15) is 36.1 Å². The molecule has 4 nitrogen and oxygen atoms in total. The summed E-state index contributed by atoms with van der Waals surface area (Å²) in [7, 11) is 0. The molecule has 2 aromatic rings. The fraction of sp³-hybridized carbons (Fsp3) is 0.444. The minimum Gasteiger partial charge on any atom is -0.349 e. The molecule has 1 atom stereocenters. The highest BCUT2D eigenvalue weighted by Crippen LogP contribution is 2.20. The standard InChI is InChI=1S/C18H23N3OS/c1-14-5-4-6-15(9-14)11-21-8-3-2-7-17(21)18(22)19-10-16-12-23-13-20-16/h4-6,9,12-13,17H,2-3,7-8,10-11H2,1H3,(H,19,22)/t17-/m0/s1. The molecule has 1 aromatic heterocycles. The van der Waals surface area contributed by atoms with Crippen molar-refractivity contribution in [2.75, 3.05) is 6.54 Å². The van der Waals surface area contributed by atoms with E-state index in [0.717, 1.165) is 31.6 Å². The predicted molar refractivity (Wildman–Crippen MR) is 93.2 cm³/mol. The van der Waals surface area contributed by atoms with Crippen LogP contribution in [-0.2, 0) is 17.9 Å². The minimum atomic E-state index is -0.0251. The smallest absolute Gasteiger partial charge is 0.237 e. The monoisotopic (exact) mass is 329 g/mol. The lowest BCUT2D eigenvalue weighted by atomic mass is 10.00. The van der Waals surface area contributed by atoms with Crippen LogP contribution in [0.2, 0.25) is 0 Å². The van der Waals surface area contributed by atoms with Gasteiger partial charge in [-0.3, -0.25) is 9.69 Å². The Kier molecular flexibility index (Phi) is 5.41. The Balaban J connectivity index is 1.62. The number of aryl methyl sites for hydroxylation is 1. The number of nitrogens with zero attached hydrogens (tertiary/aromatic N) is 2. The lowest BCUT2D eigenvalue weighted by Crippen LogP contribution is -2.48. The van der Waals surface area contributed by atoms with Crippen LogP contribution in [0.15, 0.2) is 35.2 Å². The van der Waals surface area contributed by atoms with Crippen LogP contribution in [-0.4, -0.2) is 28.4 Å². The second kappa shape index (κ2) is 7.70. The Morgan fingerprint density at radius 3 is 3.13 bits per heavy atom. The summed E-state index contributed by atoms with van der Waals surface area (Å²) in [6.07, 6.45) is 3.23. The van der Waals surface area contributed by atoms with Gasteiger partial charge in [0.25, 0.3) is 0 Å². The average molecular weight is 329 g/mol. The molecule has 1 amide bonds. The molecule has 2 heterocycles. The maximum absolute atomic E-state index is 12.6. The molecule has 1 aliphatic heterocycles. The van der Waals surface area contributed by atoms with Gasteiger partial charge in [-0.25, -0.2) is 4.98 Å². The van der Waals surface area contributed by atoms with Gasteiger partial charge < -0.3 is 5.32 Å². The number of aromatic nitrogens is 1. The number of piperidine rings is 1. The Labute approximate surface area is 141 Å². The molecule has 0 aliphatic carbocycles. The van der Waals surface area contributed by atoms with Gasteiger partial charge in [0.2, 0.25) is 5.91 Å². The van der Waals surface area contributed by atoms with Gasteiger partial charge in [0.1, 0.15) is 0 Å². The van der Waals surface area contributed by atoms with Gasteiger partial charge in [-0.1, -0.05) is 36.2 Å². The molecule has 0 saturated carbocycles. The van der Waals surface area contributed by atoms with E-state index in [4.69, 9.17) is 0 Å². The second-order valence-electron chi connectivity index (χ2n) is 6.17. The fourth-order valence-electron chi connectivity index (χ4n) is 3.14. The summed E-state index contributed by atoms with van der Waals surface area (Å²) >= 11 is 1.56. The Morgan fingerprint density at radius 2 is 2.35 bits per heavy atom. The summed E-state index contributed by atoms with van der Waals surface area (Å²) in [5, 5.41) is 5.02. The van der Waals surface area contributed by atoms with E-state index in [9.17, 15) is 4.79 Å². The maximum Gasteiger partial charge on any atom is 0.237 e. The van der Waals surface area contributed by atoms with E-state index in [1.54, 1.807) is 16.8 Å². The van der Waals surface area contributed by atoms with Gasteiger partial charge in [0.05, 0.1) is 23.8 Å². The first-order chi connectivity index (χ1) is 11.2.